The lowest BCUT2D eigenvalue weighted by Crippen LogP contribution is -2.49. The normalized spacial score (nSPS) is 19.4. The van der Waals surface area contributed by atoms with Crippen LogP contribution in [0, 0.1) is 3.57 Å². The van der Waals surface area contributed by atoms with Gasteiger partial charge in [0, 0.05) is 34.8 Å². The molecule has 106 valence electrons. The van der Waals surface area contributed by atoms with Crippen LogP contribution in [0.2, 0.25) is 5.02 Å². The van der Waals surface area contributed by atoms with Gasteiger partial charge in [0.1, 0.15) is 0 Å². The number of halogens is 2. The summed E-state index contributed by atoms with van der Waals surface area (Å²) in [6.45, 7) is 4.97. The van der Waals surface area contributed by atoms with Crippen LogP contribution in [-0.4, -0.2) is 40.9 Å². The maximum atomic E-state index is 6.15. The minimum absolute atomic E-state index is 0.457. The first-order valence-electron chi connectivity index (χ1n) is 6.49. The molecule has 1 aliphatic heterocycles. The van der Waals surface area contributed by atoms with Crippen molar-refractivity contribution in [3.05, 3.63) is 26.8 Å². The summed E-state index contributed by atoms with van der Waals surface area (Å²) in [5.74, 6) is 1.51. The van der Waals surface area contributed by atoms with Crippen molar-refractivity contribution in [2.24, 2.45) is 0 Å². The highest BCUT2D eigenvalue weighted by Gasteiger charge is 2.19. The minimum Gasteiger partial charge on any atom is -0.337 e. The standard InChI is InChI=1S/C13H15ClIN5/c1-8-7-20(5-4-16-8)13-17-12(18-19-13)9-2-3-11(15)10(14)6-9/h2-3,6,8,16H,4-5,7H2,1H3,(H,17,18,19). The Labute approximate surface area is 136 Å². The molecule has 1 aromatic carbocycles. The van der Waals surface area contributed by atoms with Crippen molar-refractivity contribution < 1.29 is 0 Å². The fraction of sp³-hybridized carbons (Fsp3) is 0.385. The minimum atomic E-state index is 0.457. The molecule has 3 rings (SSSR count). The lowest BCUT2D eigenvalue weighted by atomic mass is 10.2. The van der Waals surface area contributed by atoms with Crippen molar-refractivity contribution in [1.29, 1.82) is 0 Å². The maximum absolute atomic E-state index is 6.15. The fourth-order valence-electron chi connectivity index (χ4n) is 2.28. The van der Waals surface area contributed by atoms with Crippen molar-refractivity contribution in [2.75, 3.05) is 24.5 Å². The second-order valence-corrected chi connectivity index (χ2v) is 6.48. The monoisotopic (exact) mass is 403 g/mol. The van der Waals surface area contributed by atoms with Crippen LogP contribution >= 0.6 is 34.2 Å². The molecule has 5 nitrogen and oxygen atoms in total. The second-order valence-electron chi connectivity index (χ2n) is 4.91. The van der Waals surface area contributed by atoms with Crippen molar-refractivity contribution in [1.82, 2.24) is 20.5 Å². The smallest absolute Gasteiger partial charge is 0.245 e. The maximum Gasteiger partial charge on any atom is 0.245 e. The number of nitrogens with one attached hydrogen (secondary N) is 2. The van der Waals surface area contributed by atoms with Gasteiger partial charge in [0.15, 0.2) is 5.82 Å². The quantitative estimate of drug-likeness (QED) is 0.757. The zero-order chi connectivity index (χ0) is 14.1. The zero-order valence-corrected chi connectivity index (χ0v) is 13.9. The van der Waals surface area contributed by atoms with E-state index in [0.29, 0.717) is 6.04 Å². The molecular weight excluding hydrogens is 389 g/mol. The molecule has 0 spiro atoms. The molecule has 2 aromatic rings. The van der Waals surface area contributed by atoms with E-state index < -0.39 is 0 Å². The number of aromatic amines is 1. The van der Waals surface area contributed by atoms with Crippen LogP contribution in [0.5, 0.6) is 0 Å². The number of hydrogen-bond donors (Lipinski definition) is 2. The van der Waals surface area contributed by atoms with E-state index in [2.05, 4.69) is 54.9 Å². The van der Waals surface area contributed by atoms with Gasteiger partial charge in [-0.2, -0.15) is 4.98 Å². The van der Waals surface area contributed by atoms with Gasteiger partial charge in [0.25, 0.3) is 0 Å². The highest BCUT2D eigenvalue weighted by atomic mass is 127. The Morgan fingerprint density at radius 3 is 3.05 bits per heavy atom. The third-order valence-corrected chi connectivity index (χ3v) is 4.89. The van der Waals surface area contributed by atoms with Crippen molar-refractivity contribution in [3.63, 3.8) is 0 Å². The Bertz CT molecular complexity index is 615. The van der Waals surface area contributed by atoms with Gasteiger partial charge < -0.3 is 10.2 Å². The molecule has 0 bridgehead atoms. The van der Waals surface area contributed by atoms with E-state index in [4.69, 9.17) is 11.6 Å². The largest absolute Gasteiger partial charge is 0.337 e. The lowest BCUT2D eigenvalue weighted by Gasteiger charge is -2.30. The molecule has 1 aromatic heterocycles. The van der Waals surface area contributed by atoms with Crippen molar-refractivity contribution >= 4 is 40.1 Å². The average Bonchev–Trinajstić information content (AvgIpc) is 2.92. The van der Waals surface area contributed by atoms with Gasteiger partial charge in [0.05, 0.1) is 5.02 Å². The van der Waals surface area contributed by atoms with Gasteiger partial charge in [-0.25, -0.2) is 0 Å². The number of aromatic nitrogens is 3. The summed E-state index contributed by atoms with van der Waals surface area (Å²) in [4.78, 5) is 6.77. The van der Waals surface area contributed by atoms with Gasteiger partial charge in [0.2, 0.25) is 5.95 Å². The van der Waals surface area contributed by atoms with Crippen LogP contribution in [-0.2, 0) is 0 Å². The fourth-order valence-corrected chi connectivity index (χ4v) is 2.80. The lowest BCUT2D eigenvalue weighted by molar-refractivity contribution is 0.480. The second kappa shape index (κ2) is 5.87. The van der Waals surface area contributed by atoms with E-state index in [9.17, 15) is 0 Å². The molecule has 7 heteroatoms. The van der Waals surface area contributed by atoms with Gasteiger partial charge in [-0.3, -0.25) is 5.10 Å². The molecule has 1 aliphatic rings. The van der Waals surface area contributed by atoms with Crippen LogP contribution in [0.1, 0.15) is 6.92 Å². The molecule has 0 radical (unpaired) electrons. The van der Waals surface area contributed by atoms with Crippen molar-refractivity contribution in [2.45, 2.75) is 13.0 Å². The summed E-state index contributed by atoms with van der Waals surface area (Å²) in [5.41, 5.74) is 0.956. The predicted octanol–water partition coefficient (Wildman–Crippen LogP) is 2.53. The summed E-state index contributed by atoms with van der Waals surface area (Å²) in [7, 11) is 0. The molecule has 1 atom stereocenters. The SMILES string of the molecule is CC1CN(c2n[nH]c(-c3ccc(I)c(Cl)c3)n2)CCN1. The van der Waals surface area contributed by atoms with E-state index in [1.807, 2.05) is 18.2 Å². The highest BCUT2D eigenvalue weighted by molar-refractivity contribution is 14.1. The molecule has 1 saturated heterocycles. The van der Waals surface area contributed by atoms with Gasteiger partial charge in [-0.15, -0.1) is 5.10 Å². The number of piperazine rings is 1. The number of anilines is 1. The number of hydrogen-bond acceptors (Lipinski definition) is 4. The van der Waals surface area contributed by atoms with Crippen LogP contribution in [0.25, 0.3) is 11.4 Å². The highest BCUT2D eigenvalue weighted by Crippen LogP contribution is 2.25. The van der Waals surface area contributed by atoms with E-state index in [0.717, 1.165) is 45.6 Å². The molecular formula is C13H15ClIN5. The third kappa shape index (κ3) is 2.91. The van der Waals surface area contributed by atoms with E-state index in [-0.39, 0.29) is 0 Å². The van der Waals surface area contributed by atoms with E-state index in [1.165, 1.54) is 0 Å². The molecule has 2 N–H and O–H groups in total. The van der Waals surface area contributed by atoms with Gasteiger partial charge >= 0.3 is 0 Å². The first kappa shape index (κ1) is 14.1. The first-order valence-corrected chi connectivity index (χ1v) is 7.95. The summed E-state index contributed by atoms with van der Waals surface area (Å²) in [5, 5.41) is 11.5. The molecule has 0 saturated carbocycles. The van der Waals surface area contributed by atoms with Crippen LogP contribution in [0.4, 0.5) is 5.95 Å². The molecule has 1 fully saturated rings. The van der Waals surface area contributed by atoms with E-state index in [1.54, 1.807) is 0 Å². The Balaban J connectivity index is 1.84. The average molecular weight is 404 g/mol. The molecule has 20 heavy (non-hydrogen) atoms. The van der Waals surface area contributed by atoms with Crippen LogP contribution < -0.4 is 10.2 Å². The Hall–Kier alpha value is -0.860. The number of H-pyrrole nitrogens is 1. The topological polar surface area (TPSA) is 56.8 Å². The van der Waals surface area contributed by atoms with Crippen LogP contribution in [0.15, 0.2) is 18.2 Å². The van der Waals surface area contributed by atoms with Gasteiger partial charge in [-0.05, 0) is 41.6 Å². The summed E-state index contributed by atoms with van der Waals surface area (Å²) in [6.07, 6.45) is 0. The third-order valence-electron chi connectivity index (χ3n) is 3.32. The molecule has 0 amide bonds. The Morgan fingerprint density at radius 1 is 1.45 bits per heavy atom. The summed E-state index contributed by atoms with van der Waals surface area (Å²) >= 11 is 8.36. The molecule has 2 heterocycles. The summed E-state index contributed by atoms with van der Waals surface area (Å²) in [6, 6.07) is 6.35. The van der Waals surface area contributed by atoms with Crippen molar-refractivity contribution in [3.8, 4) is 11.4 Å². The summed E-state index contributed by atoms with van der Waals surface area (Å²) < 4.78 is 1.03. The zero-order valence-electron chi connectivity index (χ0n) is 11.0. The van der Waals surface area contributed by atoms with Crippen LogP contribution in [0.3, 0.4) is 0 Å². The first-order chi connectivity index (χ1) is 9.63. The molecule has 0 aliphatic carbocycles. The van der Waals surface area contributed by atoms with E-state index >= 15 is 0 Å². The number of benzene rings is 1. The molecule has 1 unspecified atom stereocenters. The predicted molar refractivity (Wildman–Crippen MR) is 89.2 cm³/mol. The Morgan fingerprint density at radius 2 is 2.30 bits per heavy atom. The van der Waals surface area contributed by atoms with Gasteiger partial charge in [-0.1, -0.05) is 17.7 Å². The Kier molecular flexibility index (Phi) is 4.13. The number of rotatable bonds is 2. The number of nitrogens with zero attached hydrogens (tertiary/aromatic N) is 3.